The van der Waals surface area contributed by atoms with Crippen LogP contribution in [-0.4, -0.2) is 24.3 Å². The lowest BCUT2D eigenvalue weighted by molar-refractivity contribution is -0.137. The zero-order valence-electron chi connectivity index (χ0n) is 7.79. The molecular formula is C10H16O3. The number of aliphatic carboxylic acids is 1. The smallest absolute Gasteiger partial charge is 0.303 e. The third-order valence-corrected chi connectivity index (χ3v) is 3.49. The molecule has 1 heterocycles. The molecular weight excluding hydrogens is 168 g/mol. The first-order chi connectivity index (χ1) is 6.23. The molecule has 3 nitrogen and oxygen atoms in total. The highest BCUT2D eigenvalue weighted by Crippen LogP contribution is 2.60. The van der Waals surface area contributed by atoms with Crippen LogP contribution in [0.2, 0.25) is 0 Å². The molecule has 2 unspecified atom stereocenters. The highest BCUT2D eigenvalue weighted by atomic mass is 16.5. The number of hydrogen-bond donors (Lipinski definition) is 1. The van der Waals surface area contributed by atoms with Gasteiger partial charge in [-0.15, -0.1) is 0 Å². The van der Waals surface area contributed by atoms with Gasteiger partial charge in [-0.25, -0.2) is 0 Å². The van der Waals surface area contributed by atoms with E-state index in [1.807, 2.05) is 0 Å². The molecule has 1 aliphatic carbocycles. The Labute approximate surface area is 78.1 Å². The topological polar surface area (TPSA) is 46.5 Å². The lowest BCUT2D eigenvalue weighted by Gasteiger charge is -2.11. The van der Waals surface area contributed by atoms with Gasteiger partial charge in [0.25, 0.3) is 0 Å². The Hall–Kier alpha value is -0.570. The lowest BCUT2D eigenvalue weighted by Crippen LogP contribution is -2.07. The number of carboxylic acid groups (broad SMARTS) is 1. The molecule has 0 amide bonds. The van der Waals surface area contributed by atoms with E-state index in [1.54, 1.807) is 0 Å². The summed E-state index contributed by atoms with van der Waals surface area (Å²) >= 11 is 0. The van der Waals surface area contributed by atoms with Gasteiger partial charge in [0, 0.05) is 19.6 Å². The quantitative estimate of drug-likeness (QED) is 0.710. The van der Waals surface area contributed by atoms with Gasteiger partial charge < -0.3 is 9.84 Å². The first kappa shape index (κ1) is 9.00. The second-order valence-electron chi connectivity index (χ2n) is 4.33. The number of rotatable bonds is 2. The fourth-order valence-corrected chi connectivity index (χ4v) is 2.57. The highest BCUT2D eigenvalue weighted by Gasteiger charge is 2.53. The molecule has 0 aromatic carbocycles. The summed E-state index contributed by atoms with van der Waals surface area (Å²) in [7, 11) is 0. The van der Waals surface area contributed by atoms with Crippen molar-refractivity contribution >= 4 is 5.97 Å². The van der Waals surface area contributed by atoms with Crippen LogP contribution < -0.4 is 0 Å². The number of ether oxygens (including phenoxy) is 1. The molecule has 2 atom stereocenters. The van der Waals surface area contributed by atoms with Crippen molar-refractivity contribution in [2.75, 3.05) is 13.2 Å². The molecule has 1 spiro atoms. The lowest BCUT2D eigenvalue weighted by atomic mass is 9.93. The standard InChI is InChI=1S/C10H16O3/c11-9(12)6-8-7-10(8)2-1-4-13-5-3-10/h8H,1-7H2,(H,11,12). The summed E-state index contributed by atoms with van der Waals surface area (Å²) in [5, 5.41) is 8.68. The number of carboxylic acids is 1. The van der Waals surface area contributed by atoms with Crippen molar-refractivity contribution in [2.24, 2.45) is 11.3 Å². The summed E-state index contributed by atoms with van der Waals surface area (Å²) in [4.78, 5) is 10.5. The van der Waals surface area contributed by atoms with E-state index in [0.717, 1.165) is 32.5 Å². The van der Waals surface area contributed by atoms with Gasteiger partial charge in [0.05, 0.1) is 0 Å². The zero-order valence-corrected chi connectivity index (χ0v) is 7.79. The van der Waals surface area contributed by atoms with Crippen LogP contribution in [0.25, 0.3) is 0 Å². The van der Waals surface area contributed by atoms with E-state index in [4.69, 9.17) is 9.84 Å². The number of carbonyl (C=O) groups is 1. The molecule has 0 bridgehead atoms. The summed E-state index contributed by atoms with van der Waals surface area (Å²) in [5.74, 6) is -0.209. The van der Waals surface area contributed by atoms with Gasteiger partial charge in [-0.2, -0.15) is 0 Å². The zero-order chi connectivity index (χ0) is 9.31. The highest BCUT2D eigenvalue weighted by molar-refractivity contribution is 5.67. The van der Waals surface area contributed by atoms with Crippen LogP contribution >= 0.6 is 0 Å². The van der Waals surface area contributed by atoms with E-state index >= 15 is 0 Å². The second kappa shape index (κ2) is 3.29. The first-order valence-corrected chi connectivity index (χ1v) is 5.02. The van der Waals surface area contributed by atoms with Gasteiger partial charge in [0.1, 0.15) is 0 Å². The molecule has 0 radical (unpaired) electrons. The fraction of sp³-hybridized carbons (Fsp3) is 0.900. The third-order valence-electron chi connectivity index (χ3n) is 3.49. The van der Waals surface area contributed by atoms with Crippen molar-refractivity contribution in [3.8, 4) is 0 Å². The average Bonchev–Trinajstić information content (AvgIpc) is 2.76. The van der Waals surface area contributed by atoms with Crippen LogP contribution in [0.1, 0.15) is 32.1 Å². The molecule has 1 saturated carbocycles. The molecule has 2 fully saturated rings. The van der Waals surface area contributed by atoms with Crippen LogP contribution in [-0.2, 0) is 9.53 Å². The van der Waals surface area contributed by atoms with E-state index in [0.29, 0.717) is 17.8 Å². The summed E-state index contributed by atoms with van der Waals surface area (Å²) in [6, 6.07) is 0. The van der Waals surface area contributed by atoms with Gasteiger partial charge in [0.15, 0.2) is 0 Å². The van der Waals surface area contributed by atoms with Crippen molar-refractivity contribution in [3.63, 3.8) is 0 Å². The normalized spacial score (nSPS) is 38.6. The summed E-state index contributed by atoms with van der Waals surface area (Å²) in [6.45, 7) is 1.69. The minimum Gasteiger partial charge on any atom is -0.481 e. The Morgan fingerprint density at radius 3 is 3.08 bits per heavy atom. The van der Waals surface area contributed by atoms with Gasteiger partial charge in [-0.1, -0.05) is 0 Å². The molecule has 1 saturated heterocycles. The maximum Gasteiger partial charge on any atom is 0.303 e. The largest absolute Gasteiger partial charge is 0.481 e. The van der Waals surface area contributed by atoms with Gasteiger partial charge >= 0.3 is 5.97 Å². The monoisotopic (exact) mass is 184 g/mol. The van der Waals surface area contributed by atoms with E-state index < -0.39 is 5.97 Å². The van der Waals surface area contributed by atoms with Crippen molar-refractivity contribution in [1.82, 2.24) is 0 Å². The van der Waals surface area contributed by atoms with Crippen molar-refractivity contribution in [1.29, 1.82) is 0 Å². The molecule has 2 rings (SSSR count). The molecule has 1 N–H and O–H groups in total. The van der Waals surface area contributed by atoms with Crippen molar-refractivity contribution < 1.29 is 14.6 Å². The Kier molecular flexibility index (Phi) is 2.28. The maximum absolute atomic E-state index is 10.5. The molecule has 13 heavy (non-hydrogen) atoms. The molecule has 0 aromatic rings. The van der Waals surface area contributed by atoms with Crippen LogP contribution in [0.4, 0.5) is 0 Å². The summed E-state index contributed by atoms with van der Waals surface area (Å²) in [6.07, 6.45) is 4.83. The minimum absolute atomic E-state index is 0.356. The Morgan fingerprint density at radius 2 is 2.31 bits per heavy atom. The first-order valence-electron chi connectivity index (χ1n) is 5.02. The van der Waals surface area contributed by atoms with Gasteiger partial charge in [0.2, 0.25) is 0 Å². The molecule has 74 valence electrons. The van der Waals surface area contributed by atoms with Crippen LogP contribution in [0.15, 0.2) is 0 Å². The molecule has 1 aliphatic heterocycles. The van der Waals surface area contributed by atoms with E-state index in [1.165, 1.54) is 6.42 Å². The van der Waals surface area contributed by atoms with Gasteiger partial charge in [-0.3, -0.25) is 4.79 Å². The fourth-order valence-electron chi connectivity index (χ4n) is 2.57. The predicted octanol–water partition coefficient (Wildman–Crippen LogP) is 1.67. The summed E-state index contributed by atoms with van der Waals surface area (Å²) < 4.78 is 5.38. The Bertz CT molecular complexity index is 204. The minimum atomic E-state index is -0.646. The molecule has 0 aromatic heterocycles. The van der Waals surface area contributed by atoms with E-state index in [-0.39, 0.29) is 0 Å². The number of hydrogen-bond acceptors (Lipinski definition) is 2. The van der Waals surface area contributed by atoms with Crippen LogP contribution in [0.3, 0.4) is 0 Å². The van der Waals surface area contributed by atoms with E-state index in [9.17, 15) is 4.79 Å². The molecule has 3 heteroatoms. The van der Waals surface area contributed by atoms with Crippen LogP contribution in [0.5, 0.6) is 0 Å². The predicted molar refractivity (Wildman–Crippen MR) is 47.5 cm³/mol. The molecule has 2 aliphatic rings. The third kappa shape index (κ3) is 1.85. The van der Waals surface area contributed by atoms with E-state index in [2.05, 4.69) is 0 Å². The Balaban J connectivity index is 1.88. The SMILES string of the molecule is O=C(O)CC1CC12CCCOCC2. The average molecular weight is 184 g/mol. The van der Waals surface area contributed by atoms with Crippen LogP contribution in [0, 0.1) is 11.3 Å². The van der Waals surface area contributed by atoms with Crippen molar-refractivity contribution in [3.05, 3.63) is 0 Å². The van der Waals surface area contributed by atoms with Crippen molar-refractivity contribution in [2.45, 2.75) is 32.1 Å². The second-order valence-corrected chi connectivity index (χ2v) is 4.33. The maximum atomic E-state index is 10.5. The summed E-state index contributed by atoms with van der Waals surface area (Å²) in [5.41, 5.74) is 0.356. The van der Waals surface area contributed by atoms with Gasteiger partial charge in [-0.05, 0) is 37.0 Å². The Morgan fingerprint density at radius 1 is 1.46 bits per heavy atom.